The number of hydrogen-bond acceptors (Lipinski definition) is 5. The van der Waals surface area contributed by atoms with Crippen LogP contribution in [0.25, 0.3) is 11.0 Å². The number of nitrogens with two attached hydrogens (primary N) is 1. The van der Waals surface area contributed by atoms with Crippen LogP contribution < -0.4 is 11.1 Å². The summed E-state index contributed by atoms with van der Waals surface area (Å²) in [6, 6.07) is 4.29. The standard InChI is InChI=1S/C13H18N4O/c1-2-9(7-8-3-4-8)15-11-6-5-10(14)12-13(11)17-18-16-12/h5-6,8-9,15H,2-4,7,14H2,1H3. The van der Waals surface area contributed by atoms with Gasteiger partial charge in [-0.15, -0.1) is 0 Å². The molecule has 1 aromatic carbocycles. The highest BCUT2D eigenvalue weighted by atomic mass is 16.6. The Morgan fingerprint density at radius 2 is 2.17 bits per heavy atom. The average Bonchev–Trinajstić information content (AvgIpc) is 3.04. The van der Waals surface area contributed by atoms with E-state index in [4.69, 9.17) is 10.4 Å². The summed E-state index contributed by atoms with van der Waals surface area (Å²) in [5.74, 6) is 0.905. The Kier molecular flexibility index (Phi) is 2.81. The zero-order chi connectivity index (χ0) is 12.5. The molecule has 5 nitrogen and oxygen atoms in total. The van der Waals surface area contributed by atoms with Crippen molar-refractivity contribution in [2.45, 2.75) is 38.6 Å². The Morgan fingerprint density at radius 1 is 1.39 bits per heavy atom. The first kappa shape index (κ1) is 11.3. The fraction of sp³-hybridized carbons (Fsp3) is 0.538. The molecule has 3 N–H and O–H groups in total. The van der Waals surface area contributed by atoms with Crippen molar-refractivity contribution >= 4 is 22.4 Å². The average molecular weight is 246 g/mol. The van der Waals surface area contributed by atoms with Crippen LogP contribution in [0.2, 0.25) is 0 Å². The van der Waals surface area contributed by atoms with Crippen molar-refractivity contribution in [3.8, 4) is 0 Å². The Bertz CT molecular complexity index is 547. The van der Waals surface area contributed by atoms with Crippen LogP contribution in [0.1, 0.15) is 32.6 Å². The Morgan fingerprint density at radius 3 is 2.89 bits per heavy atom. The summed E-state index contributed by atoms with van der Waals surface area (Å²) >= 11 is 0. The molecule has 0 saturated heterocycles. The van der Waals surface area contributed by atoms with Crippen LogP contribution in [0.15, 0.2) is 16.8 Å². The van der Waals surface area contributed by atoms with Crippen LogP contribution in [0.5, 0.6) is 0 Å². The third kappa shape index (κ3) is 2.12. The molecule has 1 aliphatic carbocycles. The number of hydrogen-bond donors (Lipinski definition) is 2. The lowest BCUT2D eigenvalue weighted by Crippen LogP contribution is -2.19. The highest BCUT2D eigenvalue weighted by molar-refractivity contribution is 5.95. The van der Waals surface area contributed by atoms with Gasteiger partial charge in [0.25, 0.3) is 0 Å². The van der Waals surface area contributed by atoms with Crippen LogP contribution in [0.3, 0.4) is 0 Å². The molecule has 3 rings (SSSR count). The minimum Gasteiger partial charge on any atom is -0.397 e. The van der Waals surface area contributed by atoms with Crippen molar-refractivity contribution < 1.29 is 4.63 Å². The number of nitrogens with zero attached hydrogens (tertiary/aromatic N) is 2. The molecule has 1 atom stereocenters. The van der Waals surface area contributed by atoms with E-state index in [9.17, 15) is 0 Å². The van der Waals surface area contributed by atoms with Gasteiger partial charge in [-0.05, 0) is 41.2 Å². The van der Waals surface area contributed by atoms with Gasteiger partial charge >= 0.3 is 0 Å². The first-order valence-electron chi connectivity index (χ1n) is 6.55. The maximum Gasteiger partial charge on any atom is 0.160 e. The molecule has 0 amide bonds. The minimum atomic E-state index is 0.487. The number of nitrogens with one attached hydrogen (secondary N) is 1. The molecule has 1 unspecified atom stereocenters. The van der Waals surface area contributed by atoms with Crippen LogP contribution >= 0.6 is 0 Å². The predicted molar refractivity (Wildman–Crippen MR) is 71.3 cm³/mol. The first-order chi connectivity index (χ1) is 8.78. The van der Waals surface area contributed by atoms with E-state index >= 15 is 0 Å². The second-order valence-corrected chi connectivity index (χ2v) is 5.09. The van der Waals surface area contributed by atoms with E-state index in [-0.39, 0.29) is 0 Å². The summed E-state index contributed by atoms with van der Waals surface area (Å²) in [4.78, 5) is 0. The van der Waals surface area contributed by atoms with Gasteiger partial charge in [-0.2, -0.15) is 0 Å². The molecule has 2 aromatic rings. The van der Waals surface area contributed by atoms with Crippen LogP contribution in [-0.2, 0) is 0 Å². The van der Waals surface area contributed by atoms with E-state index in [2.05, 4.69) is 22.6 Å². The van der Waals surface area contributed by atoms with E-state index in [0.29, 0.717) is 17.2 Å². The fourth-order valence-corrected chi connectivity index (χ4v) is 2.31. The van der Waals surface area contributed by atoms with Gasteiger partial charge < -0.3 is 11.1 Å². The van der Waals surface area contributed by atoms with Crippen LogP contribution in [-0.4, -0.2) is 16.4 Å². The second kappa shape index (κ2) is 4.48. The van der Waals surface area contributed by atoms with Crippen molar-refractivity contribution in [1.82, 2.24) is 10.3 Å². The van der Waals surface area contributed by atoms with Crippen molar-refractivity contribution in [1.29, 1.82) is 0 Å². The van der Waals surface area contributed by atoms with E-state index in [1.165, 1.54) is 19.3 Å². The van der Waals surface area contributed by atoms with E-state index in [1.807, 2.05) is 12.1 Å². The molecule has 1 aromatic heterocycles. The van der Waals surface area contributed by atoms with Gasteiger partial charge in [-0.3, -0.25) is 0 Å². The monoisotopic (exact) mass is 246 g/mol. The summed E-state index contributed by atoms with van der Waals surface area (Å²) in [6.07, 6.45) is 5.09. The molecule has 1 aliphatic rings. The molecule has 0 aliphatic heterocycles. The second-order valence-electron chi connectivity index (χ2n) is 5.09. The Labute approximate surface area is 106 Å². The van der Waals surface area contributed by atoms with Crippen LogP contribution in [0.4, 0.5) is 11.4 Å². The third-order valence-corrected chi connectivity index (χ3v) is 3.61. The molecule has 1 saturated carbocycles. The lowest BCUT2D eigenvalue weighted by molar-refractivity contribution is 0.315. The van der Waals surface area contributed by atoms with Gasteiger partial charge in [0.2, 0.25) is 0 Å². The maximum absolute atomic E-state index is 5.83. The quantitative estimate of drug-likeness (QED) is 0.793. The molecule has 96 valence electrons. The van der Waals surface area contributed by atoms with Gasteiger partial charge in [0.1, 0.15) is 0 Å². The molecule has 0 bridgehead atoms. The highest BCUT2D eigenvalue weighted by Crippen LogP contribution is 2.35. The van der Waals surface area contributed by atoms with Gasteiger partial charge in [0, 0.05) is 6.04 Å². The highest BCUT2D eigenvalue weighted by Gasteiger charge is 2.25. The van der Waals surface area contributed by atoms with E-state index < -0.39 is 0 Å². The number of nitrogen functional groups attached to an aromatic ring is 1. The zero-order valence-electron chi connectivity index (χ0n) is 10.5. The zero-order valence-corrected chi connectivity index (χ0v) is 10.5. The summed E-state index contributed by atoms with van der Waals surface area (Å²) in [7, 11) is 0. The minimum absolute atomic E-state index is 0.487. The summed E-state index contributed by atoms with van der Waals surface area (Å²) in [5, 5.41) is 11.3. The SMILES string of the molecule is CCC(CC1CC1)Nc1ccc(N)c2nonc12. The third-order valence-electron chi connectivity index (χ3n) is 3.61. The molecule has 1 fully saturated rings. The van der Waals surface area contributed by atoms with E-state index in [0.717, 1.165) is 23.5 Å². The van der Waals surface area contributed by atoms with Gasteiger partial charge in [-0.25, -0.2) is 4.63 Å². The van der Waals surface area contributed by atoms with Crippen molar-refractivity contribution in [2.75, 3.05) is 11.1 Å². The Hall–Kier alpha value is -1.78. The summed E-state index contributed by atoms with van der Waals surface area (Å²) < 4.78 is 4.78. The van der Waals surface area contributed by atoms with Gasteiger partial charge in [-0.1, -0.05) is 19.8 Å². The molecule has 5 heteroatoms. The lowest BCUT2D eigenvalue weighted by atomic mass is 10.1. The van der Waals surface area contributed by atoms with Crippen LogP contribution in [0, 0.1) is 5.92 Å². The number of anilines is 2. The first-order valence-corrected chi connectivity index (χ1v) is 6.55. The lowest BCUT2D eigenvalue weighted by Gasteiger charge is -2.18. The topological polar surface area (TPSA) is 77.0 Å². The van der Waals surface area contributed by atoms with Crippen molar-refractivity contribution in [2.24, 2.45) is 5.92 Å². The number of fused-ring (bicyclic) bond motifs is 1. The molecule has 18 heavy (non-hydrogen) atoms. The van der Waals surface area contributed by atoms with Crippen molar-refractivity contribution in [3.05, 3.63) is 12.1 Å². The van der Waals surface area contributed by atoms with Gasteiger partial charge in [0.15, 0.2) is 11.0 Å². The summed E-state index contributed by atoms with van der Waals surface area (Å²) in [5.41, 5.74) is 8.77. The molecule has 0 radical (unpaired) electrons. The van der Waals surface area contributed by atoms with E-state index in [1.54, 1.807) is 0 Å². The maximum atomic E-state index is 5.83. The molecular formula is C13H18N4O. The normalized spacial score (nSPS) is 16.9. The number of benzene rings is 1. The fourth-order valence-electron chi connectivity index (χ4n) is 2.31. The Balaban J connectivity index is 1.84. The molecular weight excluding hydrogens is 228 g/mol. The molecule has 0 spiro atoms. The number of rotatable bonds is 5. The largest absolute Gasteiger partial charge is 0.397 e. The van der Waals surface area contributed by atoms with Gasteiger partial charge in [0.05, 0.1) is 11.4 Å². The van der Waals surface area contributed by atoms with Crippen molar-refractivity contribution in [3.63, 3.8) is 0 Å². The molecule has 1 heterocycles. The predicted octanol–water partition coefficient (Wildman–Crippen LogP) is 2.80. The summed E-state index contributed by atoms with van der Waals surface area (Å²) in [6.45, 7) is 2.20. The number of aromatic nitrogens is 2. The smallest absolute Gasteiger partial charge is 0.160 e.